The van der Waals surface area contributed by atoms with Gasteiger partial charge in [-0.2, -0.15) is 14.4 Å². The smallest absolute Gasteiger partial charge is 0.307 e. The predicted octanol–water partition coefficient (Wildman–Crippen LogP) is 8.08. The topological polar surface area (TPSA) is 230 Å². The molecule has 22 nitrogen and oxygen atoms in total. The first-order chi connectivity index (χ1) is 35.1. The number of methoxy groups -OCH3 is 4. The van der Waals surface area contributed by atoms with Crippen LogP contribution in [0.15, 0.2) is 110 Å². The van der Waals surface area contributed by atoms with E-state index in [1.54, 1.807) is 44.8 Å². The third-order valence-electron chi connectivity index (χ3n) is 11.2. The van der Waals surface area contributed by atoms with E-state index in [-0.39, 0.29) is 29.0 Å². The van der Waals surface area contributed by atoms with Gasteiger partial charge in [0.1, 0.15) is 40.3 Å². The summed E-state index contributed by atoms with van der Waals surface area (Å²) in [4.78, 5) is 45.3. The number of ether oxygens (including phenoxy) is 4. The molecule has 0 aliphatic carbocycles. The molecule has 4 heterocycles. The van der Waals surface area contributed by atoms with Gasteiger partial charge < -0.3 is 58.7 Å². The van der Waals surface area contributed by atoms with Crippen LogP contribution in [0.5, 0.6) is 23.0 Å². The molecule has 4 aromatic carbocycles. The van der Waals surface area contributed by atoms with Gasteiger partial charge in [0.05, 0.1) is 60.7 Å². The van der Waals surface area contributed by atoms with Crippen molar-refractivity contribution in [1.82, 2.24) is 44.2 Å². The van der Waals surface area contributed by atoms with Crippen molar-refractivity contribution < 1.29 is 33.2 Å². The number of hydrogen-bond donors (Lipinski definition) is 3. The third-order valence-corrected chi connectivity index (χ3v) is 11.2. The zero-order valence-corrected chi connectivity index (χ0v) is 42.3. The van der Waals surface area contributed by atoms with Crippen LogP contribution in [-0.2, 0) is 0 Å². The summed E-state index contributed by atoms with van der Waals surface area (Å²) in [5.74, 6) is 2.67. The van der Waals surface area contributed by atoms with E-state index in [1.807, 2.05) is 108 Å². The summed E-state index contributed by atoms with van der Waals surface area (Å²) in [5, 5.41) is 33.9. The normalized spacial score (nSPS) is 10.9. The molecule has 384 valence electrons. The molecule has 3 N–H and O–H groups in total. The quantitative estimate of drug-likeness (QED) is 0.0513. The fourth-order valence-electron chi connectivity index (χ4n) is 7.39. The van der Waals surface area contributed by atoms with Crippen molar-refractivity contribution in [2.75, 3.05) is 112 Å². The fourth-order valence-corrected chi connectivity index (χ4v) is 7.39. The standard InChI is InChI=1S/C25H29N7O4.C20H16FN5O4.C5H14N2/c1-29(2)13-14-30(3)20-16-23(36-5)18(15-21(20)32(33)34)27-25-26-11-9-24(28-25)31-12-10-17-19(31)7-6-8-22(17)35-4;1-29-17-5-3-4-15-12(17)7-9-25(15)19-6-8-22-20(24-19)23-14-11-16(26(27)28)13(21)10-18(14)30-2;1-6-4-5-7(2)3/h6-12,15-16H,13-14H2,1-5H3,(H,26,27,28);3-11H,1-2H3,(H,22,23,24);6H,4-5H2,1-3H3. The van der Waals surface area contributed by atoms with E-state index in [2.05, 4.69) is 54.9 Å². The summed E-state index contributed by atoms with van der Waals surface area (Å²) in [6.45, 7) is 3.56. The molecule has 0 amide bonds. The summed E-state index contributed by atoms with van der Waals surface area (Å²) in [6.07, 6.45) is 6.92. The molecule has 0 saturated heterocycles. The average molecular weight is 1000 g/mol. The summed E-state index contributed by atoms with van der Waals surface area (Å²) >= 11 is 0. The Hall–Kier alpha value is -8.67. The molecule has 8 aromatic rings. The van der Waals surface area contributed by atoms with Crippen LogP contribution in [0.25, 0.3) is 33.4 Å². The highest BCUT2D eigenvalue weighted by molar-refractivity contribution is 5.88. The second-order valence-electron chi connectivity index (χ2n) is 16.6. The molecule has 0 bridgehead atoms. The monoisotopic (exact) mass is 1000 g/mol. The van der Waals surface area contributed by atoms with E-state index < -0.39 is 21.4 Å². The number of nitrogens with zero attached hydrogens (tertiary/aromatic N) is 11. The van der Waals surface area contributed by atoms with E-state index >= 15 is 0 Å². The lowest BCUT2D eigenvalue weighted by Crippen LogP contribution is -2.28. The maximum absolute atomic E-state index is 13.9. The van der Waals surface area contributed by atoms with Gasteiger partial charge in [0.25, 0.3) is 5.69 Å². The number of nitrogens with one attached hydrogen (secondary N) is 3. The van der Waals surface area contributed by atoms with Crippen LogP contribution in [-0.4, -0.2) is 146 Å². The van der Waals surface area contributed by atoms with Crippen molar-refractivity contribution in [3.05, 3.63) is 136 Å². The predicted molar refractivity (Wildman–Crippen MR) is 281 cm³/mol. The number of anilines is 5. The van der Waals surface area contributed by atoms with Crippen molar-refractivity contribution in [1.29, 1.82) is 0 Å². The van der Waals surface area contributed by atoms with Gasteiger partial charge >= 0.3 is 5.69 Å². The molecular weight excluding hydrogens is 944 g/mol. The van der Waals surface area contributed by atoms with Gasteiger partial charge in [-0.3, -0.25) is 20.2 Å². The molecular formula is C50H59FN14O8. The van der Waals surface area contributed by atoms with Crippen LogP contribution in [0.3, 0.4) is 0 Å². The van der Waals surface area contributed by atoms with Gasteiger partial charge in [-0.1, -0.05) is 12.1 Å². The Bertz CT molecular complexity index is 3170. The Morgan fingerprint density at radius 3 is 1.49 bits per heavy atom. The molecule has 0 unspecified atom stereocenters. The molecule has 0 saturated carbocycles. The molecule has 0 atom stereocenters. The maximum atomic E-state index is 13.9. The van der Waals surface area contributed by atoms with Crippen LogP contribution in [0.1, 0.15) is 0 Å². The highest BCUT2D eigenvalue weighted by Gasteiger charge is 2.23. The first-order valence-corrected chi connectivity index (χ1v) is 22.6. The van der Waals surface area contributed by atoms with E-state index in [0.717, 1.165) is 65.1 Å². The van der Waals surface area contributed by atoms with Crippen LogP contribution < -0.4 is 39.8 Å². The Morgan fingerprint density at radius 1 is 0.603 bits per heavy atom. The second kappa shape index (κ2) is 24.9. The van der Waals surface area contributed by atoms with E-state index in [0.29, 0.717) is 35.3 Å². The first kappa shape index (κ1) is 53.7. The number of hydrogen-bond acceptors (Lipinski definition) is 18. The molecule has 0 fully saturated rings. The van der Waals surface area contributed by atoms with Gasteiger partial charge in [-0.25, -0.2) is 9.97 Å². The minimum atomic E-state index is -0.996. The molecule has 0 aliphatic heterocycles. The molecule has 0 spiro atoms. The number of fused-ring (bicyclic) bond motifs is 2. The summed E-state index contributed by atoms with van der Waals surface area (Å²) in [6, 6.07) is 23.9. The number of halogens is 1. The van der Waals surface area contributed by atoms with Crippen LogP contribution in [0.4, 0.5) is 44.7 Å². The SMILES string of the molecule is CNCCN(C)C.COc1cc(F)c([N+](=O)[O-])cc1Nc1nccc(-n2ccc3c(OC)cccc32)n1.COc1cc(N(C)CCN(C)C)c([N+](=O)[O-])cc1Nc1nccc(-n2ccc3c(OC)cccc32)n1. The number of nitro groups is 2. The first-order valence-electron chi connectivity index (χ1n) is 22.6. The van der Waals surface area contributed by atoms with Crippen molar-refractivity contribution >= 4 is 62.1 Å². The number of likely N-dealkylation sites (N-methyl/N-ethyl adjacent to an activating group) is 4. The molecule has 8 rings (SSSR count). The van der Waals surface area contributed by atoms with Crippen molar-refractivity contribution in [2.24, 2.45) is 0 Å². The number of rotatable bonds is 19. The lowest BCUT2D eigenvalue weighted by atomic mass is 10.2. The second-order valence-corrected chi connectivity index (χ2v) is 16.6. The Labute approximate surface area is 421 Å². The molecule has 4 aromatic heterocycles. The zero-order valence-electron chi connectivity index (χ0n) is 42.3. The largest absolute Gasteiger partial charge is 0.496 e. The highest BCUT2D eigenvalue weighted by atomic mass is 19.1. The Morgan fingerprint density at radius 2 is 1.07 bits per heavy atom. The average Bonchev–Trinajstić information content (AvgIpc) is 4.03. The fraction of sp³-hybridized carbons (Fsp3) is 0.280. The van der Waals surface area contributed by atoms with Crippen LogP contribution >= 0.6 is 0 Å². The van der Waals surface area contributed by atoms with Crippen molar-refractivity contribution in [3.63, 3.8) is 0 Å². The van der Waals surface area contributed by atoms with Crippen LogP contribution in [0.2, 0.25) is 0 Å². The van der Waals surface area contributed by atoms with Crippen molar-refractivity contribution in [3.8, 4) is 34.6 Å². The van der Waals surface area contributed by atoms with Gasteiger partial charge in [0, 0.05) is 93.1 Å². The summed E-state index contributed by atoms with van der Waals surface area (Å²) < 4.78 is 39.2. The van der Waals surface area contributed by atoms with E-state index in [1.165, 1.54) is 20.3 Å². The minimum Gasteiger partial charge on any atom is -0.496 e. The van der Waals surface area contributed by atoms with Gasteiger partial charge in [0.2, 0.25) is 17.7 Å². The number of aromatic nitrogens is 6. The molecule has 0 aliphatic rings. The molecule has 73 heavy (non-hydrogen) atoms. The lowest BCUT2D eigenvalue weighted by molar-refractivity contribution is -0.387. The highest BCUT2D eigenvalue weighted by Crippen LogP contribution is 2.39. The minimum absolute atomic E-state index is 0.0424. The zero-order chi connectivity index (χ0) is 52.8. The number of benzene rings is 4. The van der Waals surface area contributed by atoms with Crippen molar-refractivity contribution in [2.45, 2.75) is 0 Å². The number of nitro benzene ring substituents is 2. The van der Waals surface area contributed by atoms with Gasteiger partial charge in [-0.05, 0) is 83.8 Å². The summed E-state index contributed by atoms with van der Waals surface area (Å²) in [5.41, 5.74) is 2.11. The Balaban J connectivity index is 0.000000213. The van der Waals surface area contributed by atoms with E-state index in [9.17, 15) is 24.6 Å². The molecule has 0 radical (unpaired) electrons. The maximum Gasteiger partial charge on any atom is 0.307 e. The summed E-state index contributed by atoms with van der Waals surface area (Å²) in [7, 11) is 17.9. The van der Waals surface area contributed by atoms with Crippen LogP contribution in [0, 0.1) is 26.0 Å². The third kappa shape index (κ3) is 13.2. The van der Waals surface area contributed by atoms with Gasteiger partial charge in [0.15, 0.2) is 0 Å². The molecule has 23 heteroatoms. The van der Waals surface area contributed by atoms with Gasteiger partial charge in [-0.15, -0.1) is 0 Å². The Kier molecular flexibility index (Phi) is 18.3. The van der Waals surface area contributed by atoms with E-state index in [4.69, 9.17) is 18.9 Å². The lowest BCUT2D eigenvalue weighted by Gasteiger charge is -2.22.